The number of aromatic nitrogens is 2. The first-order valence-corrected chi connectivity index (χ1v) is 7.79. The van der Waals surface area contributed by atoms with Crippen LogP contribution in [-0.2, 0) is 0 Å². The summed E-state index contributed by atoms with van der Waals surface area (Å²) in [5.41, 5.74) is 5.76. The monoisotopic (exact) mass is 277 g/mol. The smallest absolute Gasteiger partial charge is 0.223 e. The van der Waals surface area contributed by atoms with Gasteiger partial charge in [0.05, 0.1) is 0 Å². The summed E-state index contributed by atoms with van der Waals surface area (Å²) in [6.45, 7) is 6.36. The minimum absolute atomic E-state index is 0.325. The lowest BCUT2D eigenvalue weighted by molar-refractivity contribution is 0.300. The number of nitrogen functional groups attached to an aromatic ring is 1. The molecule has 0 saturated heterocycles. The molecule has 1 aromatic rings. The standard InChI is InChI=1S/C15H27N5/c1-3-8-17-13-9-14(20-15(16)19-13)18-10-12-6-4-11(2)5-7-12/h9,11-12H,3-8,10H2,1-2H3,(H4,16,17,18,19,20). The predicted molar refractivity (Wildman–Crippen MR) is 84.8 cm³/mol. The van der Waals surface area contributed by atoms with Crippen molar-refractivity contribution in [3.63, 3.8) is 0 Å². The Morgan fingerprint density at radius 1 is 1.15 bits per heavy atom. The van der Waals surface area contributed by atoms with Crippen molar-refractivity contribution in [3.8, 4) is 0 Å². The SMILES string of the molecule is CCCNc1cc(NCC2CCC(C)CC2)nc(N)n1. The molecule has 2 rings (SSSR count). The van der Waals surface area contributed by atoms with Crippen LogP contribution in [0.3, 0.4) is 0 Å². The molecule has 5 nitrogen and oxygen atoms in total. The van der Waals surface area contributed by atoms with Crippen LogP contribution in [0.15, 0.2) is 6.07 Å². The Morgan fingerprint density at radius 3 is 2.45 bits per heavy atom. The van der Waals surface area contributed by atoms with Crippen molar-refractivity contribution in [2.75, 3.05) is 29.5 Å². The maximum absolute atomic E-state index is 5.76. The molecule has 1 heterocycles. The van der Waals surface area contributed by atoms with Gasteiger partial charge in [0.15, 0.2) is 0 Å². The van der Waals surface area contributed by atoms with Gasteiger partial charge in [0.2, 0.25) is 5.95 Å². The summed E-state index contributed by atoms with van der Waals surface area (Å²) in [6, 6.07) is 1.94. The van der Waals surface area contributed by atoms with Crippen molar-refractivity contribution in [3.05, 3.63) is 6.07 Å². The highest BCUT2D eigenvalue weighted by atomic mass is 15.1. The van der Waals surface area contributed by atoms with Gasteiger partial charge < -0.3 is 16.4 Å². The van der Waals surface area contributed by atoms with Gasteiger partial charge in [-0.05, 0) is 31.1 Å². The van der Waals surface area contributed by atoms with E-state index in [2.05, 4.69) is 34.4 Å². The fourth-order valence-electron chi connectivity index (χ4n) is 2.68. The molecule has 0 spiro atoms. The third-order valence-electron chi connectivity index (χ3n) is 4.01. The Bertz CT molecular complexity index is 413. The minimum atomic E-state index is 0.325. The molecule has 0 unspecified atom stereocenters. The highest BCUT2D eigenvalue weighted by Gasteiger charge is 2.18. The zero-order valence-corrected chi connectivity index (χ0v) is 12.7. The van der Waals surface area contributed by atoms with E-state index in [-0.39, 0.29) is 0 Å². The van der Waals surface area contributed by atoms with E-state index >= 15 is 0 Å². The summed E-state index contributed by atoms with van der Waals surface area (Å²) in [7, 11) is 0. The maximum atomic E-state index is 5.76. The van der Waals surface area contributed by atoms with E-state index in [0.717, 1.165) is 43.0 Å². The summed E-state index contributed by atoms with van der Waals surface area (Å²) < 4.78 is 0. The van der Waals surface area contributed by atoms with Gasteiger partial charge in [-0.15, -0.1) is 0 Å². The van der Waals surface area contributed by atoms with Gasteiger partial charge in [-0.3, -0.25) is 0 Å². The zero-order chi connectivity index (χ0) is 14.4. The van der Waals surface area contributed by atoms with E-state index in [1.165, 1.54) is 25.7 Å². The van der Waals surface area contributed by atoms with Crippen LogP contribution in [0.1, 0.15) is 46.0 Å². The number of hydrogen-bond acceptors (Lipinski definition) is 5. The Morgan fingerprint density at radius 2 is 1.80 bits per heavy atom. The number of rotatable bonds is 6. The minimum Gasteiger partial charge on any atom is -0.370 e. The summed E-state index contributed by atoms with van der Waals surface area (Å²) in [6.07, 6.45) is 6.39. The van der Waals surface area contributed by atoms with Crippen molar-refractivity contribution in [2.45, 2.75) is 46.0 Å². The second-order valence-corrected chi connectivity index (χ2v) is 5.93. The van der Waals surface area contributed by atoms with Gasteiger partial charge in [-0.1, -0.05) is 26.7 Å². The molecule has 20 heavy (non-hydrogen) atoms. The Kier molecular flexibility index (Phi) is 5.44. The third-order valence-corrected chi connectivity index (χ3v) is 4.01. The molecule has 0 amide bonds. The molecule has 1 fully saturated rings. The van der Waals surface area contributed by atoms with Crippen molar-refractivity contribution in [1.82, 2.24) is 9.97 Å². The first-order valence-electron chi connectivity index (χ1n) is 7.79. The van der Waals surface area contributed by atoms with Crippen LogP contribution in [0, 0.1) is 11.8 Å². The molecule has 1 aromatic heterocycles. The third kappa shape index (κ3) is 4.54. The Balaban J connectivity index is 1.87. The van der Waals surface area contributed by atoms with Crippen LogP contribution < -0.4 is 16.4 Å². The average Bonchev–Trinajstić information content (AvgIpc) is 2.44. The first-order chi connectivity index (χ1) is 9.67. The molecule has 5 heteroatoms. The number of nitrogens with one attached hydrogen (secondary N) is 2. The first kappa shape index (κ1) is 14.9. The van der Waals surface area contributed by atoms with Gasteiger partial charge >= 0.3 is 0 Å². The van der Waals surface area contributed by atoms with E-state index in [1.54, 1.807) is 0 Å². The van der Waals surface area contributed by atoms with Crippen LogP contribution in [0.5, 0.6) is 0 Å². The van der Waals surface area contributed by atoms with Crippen LogP contribution in [0.25, 0.3) is 0 Å². The quantitative estimate of drug-likeness (QED) is 0.745. The van der Waals surface area contributed by atoms with Gasteiger partial charge in [0.25, 0.3) is 0 Å². The lowest BCUT2D eigenvalue weighted by Crippen LogP contribution is -2.20. The second kappa shape index (κ2) is 7.31. The number of hydrogen-bond donors (Lipinski definition) is 3. The zero-order valence-electron chi connectivity index (χ0n) is 12.7. The molecule has 0 aliphatic heterocycles. The van der Waals surface area contributed by atoms with Crippen LogP contribution >= 0.6 is 0 Å². The molecule has 1 aliphatic rings. The second-order valence-electron chi connectivity index (χ2n) is 5.93. The summed E-state index contributed by atoms with van der Waals surface area (Å²) in [5.74, 6) is 3.61. The number of nitrogens with two attached hydrogens (primary N) is 1. The van der Waals surface area contributed by atoms with E-state index in [9.17, 15) is 0 Å². The highest BCUT2D eigenvalue weighted by molar-refractivity contribution is 5.50. The fraction of sp³-hybridized carbons (Fsp3) is 0.733. The molecule has 4 N–H and O–H groups in total. The van der Waals surface area contributed by atoms with E-state index in [0.29, 0.717) is 5.95 Å². The molecule has 1 saturated carbocycles. The molecule has 0 radical (unpaired) electrons. The Labute approximate surface area is 121 Å². The lowest BCUT2D eigenvalue weighted by Gasteiger charge is -2.26. The normalized spacial score (nSPS) is 22.5. The average molecular weight is 277 g/mol. The topological polar surface area (TPSA) is 75.9 Å². The van der Waals surface area contributed by atoms with Crippen molar-refractivity contribution < 1.29 is 0 Å². The summed E-state index contributed by atoms with van der Waals surface area (Å²) in [5, 5.41) is 6.66. The van der Waals surface area contributed by atoms with Gasteiger partial charge in [0, 0.05) is 19.2 Å². The summed E-state index contributed by atoms with van der Waals surface area (Å²) >= 11 is 0. The molecule has 1 aliphatic carbocycles. The molecule has 0 bridgehead atoms. The van der Waals surface area contributed by atoms with Crippen molar-refractivity contribution in [2.24, 2.45) is 11.8 Å². The van der Waals surface area contributed by atoms with E-state index < -0.39 is 0 Å². The van der Waals surface area contributed by atoms with Gasteiger partial charge in [-0.25, -0.2) is 0 Å². The van der Waals surface area contributed by atoms with Crippen LogP contribution in [0.4, 0.5) is 17.6 Å². The fourth-order valence-corrected chi connectivity index (χ4v) is 2.68. The lowest BCUT2D eigenvalue weighted by atomic mass is 9.83. The van der Waals surface area contributed by atoms with E-state index in [1.807, 2.05) is 6.07 Å². The summed E-state index contributed by atoms with van der Waals surface area (Å²) in [4.78, 5) is 8.45. The predicted octanol–water partition coefficient (Wildman–Crippen LogP) is 3.12. The molecular formula is C15H27N5. The molecular weight excluding hydrogens is 250 g/mol. The molecule has 112 valence electrons. The maximum Gasteiger partial charge on any atom is 0.223 e. The molecule has 0 aromatic carbocycles. The van der Waals surface area contributed by atoms with Crippen molar-refractivity contribution >= 4 is 17.6 Å². The van der Waals surface area contributed by atoms with Crippen LogP contribution in [-0.4, -0.2) is 23.1 Å². The van der Waals surface area contributed by atoms with Crippen LogP contribution in [0.2, 0.25) is 0 Å². The van der Waals surface area contributed by atoms with Crippen molar-refractivity contribution in [1.29, 1.82) is 0 Å². The van der Waals surface area contributed by atoms with E-state index in [4.69, 9.17) is 5.73 Å². The van der Waals surface area contributed by atoms with Gasteiger partial charge in [0.1, 0.15) is 11.6 Å². The Hall–Kier alpha value is -1.52. The molecule has 0 atom stereocenters. The number of nitrogens with zero attached hydrogens (tertiary/aromatic N) is 2. The highest BCUT2D eigenvalue weighted by Crippen LogP contribution is 2.28. The largest absolute Gasteiger partial charge is 0.370 e. The van der Waals surface area contributed by atoms with Gasteiger partial charge in [-0.2, -0.15) is 9.97 Å². The number of anilines is 3.